The first-order chi connectivity index (χ1) is 7.95. The number of pyridine rings is 1. The van der Waals surface area contributed by atoms with Crippen molar-refractivity contribution in [2.75, 3.05) is 0 Å². The Morgan fingerprint density at radius 1 is 1.29 bits per heavy atom. The summed E-state index contributed by atoms with van der Waals surface area (Å²) in [6, 6.07) is 3.45. The van der Waals surface area contributed by atoms with Crippen molar-refractivity contribution in [2.24, 2.45) is 0 Å². The Morgan fingerprint density at radius 2 is 2.00 bits per heavy atom. The van der Waals surface area contributed by atoms with Gasteiger partial charge >= 0.3 is 6.18 Å². The summed E-state index contributed by atoms with van der Waals surface area (Å²) >= 11 is 0. The lowest BCUT2D eigenvalue weighted by atomic mass is 10.1. The molecular formula is C11H8F3NO2. The monoisotopic (exact) mass is 243 g/mol. The minimum Gasteiger partial charge on any atom is -0.391 e. The summed E-state index contributed by atoms with van der Waals surface area (Å²) in [6.45, 7) is -0.600. The number of aromatic nitrogens is 1. The molecule has 0 aliphatic rings. The summed E-state index contributed by atoms with van der Waals surface area (Å²) in [7, 11) is 0. The Bertz CT molecular complexity index is 616. The first-order valence-electron chi connectivity index (χ1n) is 4.76. The summed E-state index contributed by atoms with van der Waals surface area (Å²) in [5.74, 6) is 0. The van der Waals surface area contributed by atoms with Crippen LogP contribution in [0.1, 0.15) is 11.1 Å². The van der Waals surface area contributed by atoms with E-state index in [2.05, 4.69) is 4.98 Å². The maximum atomic E-state index is 12.7. The van der Waals surface area contributed by atoms with Gasteiger partial charge in [0.2, 0.25) is 0 Å². The molecule has 0 unspecified atom stereocenters. The molecule has 0 saturated carbocycles. The number of aliphatic hydroxyl groups excluding tert-OH is 1. The van der Waals surface area contributed by atoms with E-state index in [1.165, 1.54) is 18.3 Å². The van der Waals surface area contributed by atoms with Crippen molar-refractivity contribution >= 4 is 10.9 Å². The number of aliphatic hydroxyl groups is 1. The number of alkyl halides is 3. The lowest BCUT2D eigenvalue weighted by Crippen LogP contribution is -2.16. The number of hydrogen-bond acceptors (Lipinski definition) is 2. The van der Waals surface area contributed by atoms with E-state index >= 15 is 0 Å². The van der Waals surface area contributed by atoms with Gasteiger partial charge in [0.25, 0.3) is 0 Å². The zero-order valence-electron chi connectivity index (χ0n) is 8.51. The second-order valence-corrected chi connectivity index (χ2v) is 3.53. The molecule has 17 heavy (non-hydrogen) atoms. The molecule has 0 spiro atoms. The smallest absolute Gasteiger partial charge is 0.391 e. The van der Waals surface area contributed by atoms with Gasteiger partial charge in [-0.2, -0.15) is 13.2 Å². The van der Waals surface area contributed by atoms with Gasteiger partial charge in [-0.05, 0) is 12.1 Å². The first-order valence-corrected chi connectivity index (χ1v) is 4.76. The maximum absolute atomic E-state index is 12.7. The SMILES string of the molecule is O=c1c(CO)c[nH]c2cccc(C(F)(F)F)c12. The number of benzene rings is 1. The molecule has 2 aromatic rings. The summed E-state index contributed by atoms with van der Waals surface area (Å²) < 4.78 is 38.2. The minimum atomic E-state index is -4.60. The largest absolute Gasteiger partial charge is 0.417 e. The highest BCUT2D eigenvalue weighted by molar-refractivity contribution is 5.83. The molecule has 2 rings (SSSR count). The van der Waals surface area contributed by atoms with Crippen LogP contribution in [0.4, 0.5) is 13.2 Å². The van der Waals surface area contributed by atoms with Gasteiger partial charge in [0.1, 0.15) is 0 Å². The van der Waals surface area contributed by atoms with E-state index < -0.39 is 29.2 Å². The molecule has 0 aliphatic heterocycles. The molecule has 3 nitrogen and oxygen atoms in total. The highest BCUT2D eigenvalue weighted by Crippen LogP contribution is 2.32. The second kappa shape index (κ2) is 3.89. The number of aromatic amines is 1. The van der Waals surface area contributed by atoms with E-state index in [0.717, 1.165) is 6.07 Å². The summed E-state index contributed by atoms with van der Waals surface area (Å²) in [5.41, 5.74) is -1.78. The third kappa shape index (κ3) is 1.91. The van der Waals surface area contributed by atoms with Crippen molar-refractivity contribution in [3.8, 4) is 0 Å². The number of nitrogens with one attached hydrogen (secondary N) is 1. The zero-order valence-corrected chi connectivity index (χ0v) is 8.51. The predicted molar refractivity (Wildman–Crippen MR) is 55.5 cm³/mol. The number of halogens is 3. The lowest BCUT2D eigenvalue weighted by molar-refractivity contribution is -0.136. The molecule has 1 heterocycles. The average Bonchev–Trinajstić information content (AvgIpc) is 2.28. The van der Waals surface area contributed by atoms with Crippen molar-refractivity contribution in [3.05, 3.63) is 45.7 Å². The van der Waals surface area contributed by atoms with Crippen LogP contribution < -0.4 is 5.43 Å². The Kier molecular flexibility index (Phi) is 2.66. The fourth-order valence-electron chi connectivity index (χ4n) is 1.66. The quantitative estimate of drug-likeness (QED) is 0.805. The average molecular weight is 243 g/mol. The third-order valence-corrected chi connectivity index (χ3v) is 2.46. The molecule has 0 aliphatic carbocycles. The van der Waals surface area contributed by atoms with Crippen molar-refractivity contribution in [2.45, 2.75) is 12.8 Å². The van der Waals surface area contributed by atoms with Crippen LogP contribution in [0.2, 0.25) is 0 Å². The van der Waals surface area contributed by atoms with Crippen LogP contribution in [0.15, 0.2) is 29.2 Å². The van der Waals surface area contributed by atoms with Crippen LogP contribution in [-0.4, -0.2) is 10.1 Å². The van der Waals surface area contributed by atoms with Crippen molar-refractivity contribution in [3.63, 3.8) is 0 Å². The van der Waals surface area contributed by atoms with E-state index in [1.54, 1.807) is 0 Å². The fraction of sp³-hybridized carbons (Fsp3) is 0.182. The number of hydrogen-bond donors (Lipinski definition) is 2. The van der Waals surface area contributed by atoms with E-state index in [9.17, 15) is 18.0 Å². The minimum absolute atomic E-state index is 0.0887. The van der Waals surface area contributed by atoms with Gasteiger partial charge in [-0.1, -0.05) is 6.07 Å². The van der Waals surface area contributed by atoms with Gasteiger partial charge in [0.05, 0.1) is 17.6 Å². The van der Waals surface area contributed by atoms with Gasteiger partial charge < -0.3 is 10.1 Å². The molecule has 0 fully saturated rings. The molecule has 0 atom stereocenters. The van der Waals surface area contributed by atoms with Crippen LogP contribution in [0, 0.1) is 0 Å². The zero-order chi connectivity index (χ0) is 12.6. The van der Waals surface area contributed by atoms with Crippen LogP contribution in [0.5, 0.6) is 0 Å². The van der Waals surface area contributed by atoms with E-state index in [1.807, 2.05) is 0 Å². The normalized spacial score (nSPS) is 12.0. The summed E-state index contributed by atoms with van der Waals surface area (Å²) in [6.07, 6.45) is -3.38. The summed E-state index contributed by atoms with van der Waals surface area (Å²) in [4.78, 5) is 14.3. The highest BCUT2D eigenvalue weighted by atomic mass is 19.4. The Hall–Kier alpha value is -1.82. The lowest BCUT2D eigenvalue weighted by Gasteiger charge is -2.10. The fourth-order valence-corrected chi connectivity index (χ4v) is 1.66. The second-order valence-electron chi connectivity index (χ2n) is 3.53. The standard InChI is InChI=1S/C11H8F3NO2/c12-11(13,14)7-2-1-3-8-9(7)10(17)6(5-16)4-15-8/h1-4,16H,5H2,(H,15,17). The van der Waals surface area contributed by atoms with E-state index in [4.69, 9.17) is 5.11 Å². The molecular weight excluding hydrogens is 235 g/mol. The van der Waals surface area contributed by atoms with Gasteiger partial charge in [0.15, 0.2) is 5.43 Å². The topological polar surface area (TPSA) is 53.1 Å². The van der Waals surface area contributed by atoms with Gasteiger partial charge in [-0.3, -0.25) is 4.79 Å². The third-order valence-electron chi connectivity index (χ3n) is 2.46. The Balaban J connectivity index is 2.92. The molecule has 0 saturated heterocycles. The van der Waals surface area contributed by atoms with Crippen LogP contribution >= 0.6 is 0 Å². The molecule has 1 aromatic carbocycles. The maximum Gasteiger partial charge on any atom is 0.417 e. The number of rotatable bonds is 1. The van der Waals surface area contributed by atoms with Crippen molar-refractivity contribution in [1.29, 1.82) is 0 Å². The van der Waals surface area contributed by atoms with Crippen LogP contribution in [0.3, 0.4) is 0 Å². The van der Waals surface area contributed by atoms with Gasteiger partial charge in [-0.25, -0.2) is 0 Å². The number of fused-ring (bicyclic) bond motifs is 1. The summed E-state index contributed by atoms with van der Waals surface area (Å²) in [5, 5.41) is 8.43. The molecule has 90 valence electrons. The Labute approximate surface area is 93.5 Å². The predicted octanol–water partition coefficient (Wildman–Crippen LogP) is 2.04. The molecule has 0 amide bonds. The van der Waals surface area contributed by atoms with Crippen LogP contribution in [0.25, 0.3) is 10.9 Å². The first kappa shape index (κ1) is 11.7. The van der Waals surface area contributed by atoms with Crippen molar-refractivity contribution in [1.82, 2.24) is 4.98 Å². The van der Waals surface area contributed by atoms with Crippen LogP contribution in [-0.2, 0) is 12.8 Å². The molecule has 1 aromatic heterocycles. The number of H-pyrrole nitrogens is 1. The van der Waals surface area contributed by atoms with E-state index in [0.29, 0.717) is 0 Å². The molecule has 0 bridgehead atoms. The molecule has 2 N–H and O–H groups in total. The van der Waals surface area contributed by atoms with Crippen molar-refractivity contribution < 1.29 is 18.3 Å². The van der Waals surface area contributed by atoms with Gasteiger partial charge in [-0.15, -0.1) is 0 Å². The Morgan fingerprint density at radius 3 is 2.59 bits per heavy atom. The highest BCUT2D eigenvalue weighted by Gasteiger charge is 2.33. The molecule has 0 radical (unpaired) electrons. The van der Waals surface area contributed by atoms with E-state index in [-0.39, 0.29) is 11.1 Å². The molecule has 6 heteroatoms. The van der Waals surface area contributed by atoms with Gasteiger partial charge in [0, 0.05) is 17.3 Å².